The average Bonchev–Trinajstić information content (AvgIpc) is 2.18. The lowest BCUT2D eigenvalue weighted by atomic mass is 10.1. The van der Waals surface area contributed by atoms with Crippen LogP contribution in [0.2, 0.25) is 0 Å². The number of hydrogen-bond acceptors (Lipinski definition) is 3. The number of methoxy groups -OCH3 is 1. The molecule has 0 aliphatic rings. The van der Waals surface area contributed by atoms with E-state index in [0.717, 1.165) is 5.56 Å². The molecule has 0 saturated heterocycles. The minimum absolute atomic E-state index is 0.649. The van der Waals surface area contributed by atoms with Crippen molar-refractivity contribution in [2.24, 2.45) is 0 Å². The van der Waals surface area contributed by atoms with Crippen molar-refractivity contribution in [2.45, 2.75) is 6.10 Å². The van der Waals surface area contributed by atoms with Gasteiger partial charge < -0.3 is 9.84 Å². The van der Waals surface area contributed by atoms with E-state index in [2.05, 4.69) is 4.74 Å². The van der Waals surface area contributed by atoms with Gasteiger partial charge in [0.05, 0.1) is 7.11 Å². The second-order valence-electron chi connectivity index (χ2n) is 2.55. The summed E-state index contributed by atoms with van der Waals surface area (Å²) in [7, 11) is 1.24. The molecular formula is C10H11O3. The Labute approximate surface area is 77.0 Å². The Bertz CT molecular complexity index is 269. The normalized spacial score (nSPS) is 12.2. The van der Waals surface area contributed by atoms with Gasteiger partial charge in [-0.05, 0) is 5.56 Å². The smallest absolute Gasteiger partial charge is 0.335 e. The van der Waals surface area contributed by atoms with Crippen LogP contribution in [0.4, 0.5) is 0 Å². The van der Waals surface area contributed by atoms with Crippen molar-refractivity contribution in [1.29, 1.82) is 0 Å². The minimum atomic E-state index is -1.19. The number of hydrogen-bond donors (Lipinski definition) is 1. The first-order valence-electron chi connectivity index (χ1n) is 3.90. The third-order valence-electron chi connectivity index (χ3n) is 1.59. The van der Waals surface area contributed by atoms with Crippen LogP contribution in [0.15, 0.2) is 30.3 Å². The molecule has 3 nitrogen and oxygen atoms in total. The molecule has 0 amide bonds. The van der Waals surface area contributed by atoms with Gasteiger partial charge in [-0.2, -0.15) is 0 Å². The number of esters is 1. The van der Waals surface area contributed by atoms with Crippen molar-refractivity contribution in [3.63, 3.8) is 0 Å². The molecule has 1 aromatic carbocycles. The number of ether oxygens (including phenoxy) is 1. The third-order valence-corrected chi connectivity index (χ3v) is 1.59. The Morgan fingerprint density at radius 1 is 1.46 bits per heavy atom. The SMILES string of the molecule is COC(=O)C(O)[CH]c1ccccc1. The van der Waals surface area contributed by atoms with Gasteiger partial charge in [0, 0.05) is 6.42 Å². The van der Waals surface area contributed by atoms with Crippen molar-refractivity contribution in [2.75, 3.05) is 7.11 Å². The zero-order chi connectivity index (χ0) is 9.68. The summed E-state index contributed by atoms with van der Waals surface area (Å²) in [5.41, 5.74) is 0.792. The fourth-order valence-electron chi connectivity index (χ4n) is 0.935. The molecule has 0 aliphatic carbocycles. The van der Waals surface area contributed by atoms with Crippen molar-refractivity contribution < 1.29 is 14.6 Å². The molecule has 0 saturated carbocycles. The first kappa shape index (κ1) is 9.74. The van der Waals surface area contributed by atoms with Crippen LogP contribution in [-0.4, -0.2) is 24.3 Å². The maximum atomic E-state index is 10.8. The fraction of sp³-hybridized carbons (Fsp3) is 0.200. The van der Waals surface area contributed by atoms with E-state index in [1.807, 2.05) is 18.2 Å². The van der Waals surface area contributed by atoms with Gasteiger partial charge >= 0.3 is 5.97 Å². The van der Waals surface area contributed by atoms with Crippen molar-refractivity contribution in [3.05, 3.63) is 42.3 Å². The molecule has 1 aromatic rings. The van der Waals surface area contributed by atoms with E-state index in [9.17, 15) is 9.90 Å². The monoisotopic (exact) mass is 179 g/mol. The summed E-state index contributed by atoms with van der Waals surface area (Å²) < 4.78 is 4.36. The maximum Gasteiger partial charge on any atom is 0.335 e. The Morgan fingerprint density at radius 3 is 2.62 bits per heavy atom. The molecule has 1 N–H and O–H groups in total. The largest absolute Gasteiger partial charge is 0.467 e. The number of carbonyl (C=O) groups is 1. The van der Waals surface area contributed by atoms with Crippen LogP contribution in [0, 0.1) is 6.42 Å². The summed E-state index contributed by atoms with van der Waals surface area (Å²) in [6.45, 7) is 0. The number of rotatable bonds is 3. The van der Waals surface area contributed by atoms with Gasteiger partial charge in [-0.15, -0.1) is 0 Å². The highest BCUT2D eigenvalue weighted by atomic mass is 16.5. The van der Waals surface area contributed by atoms with Crippen molar-refractivity contribution >= 4 is 5.97 Å². The molecule has 69 valence electrons. The Hall–Kier alpha value is -1.35. The van der Waals surface area contributed by atoms with Crippen LogP contribution in [0.1, 0.15) is 5.56 Å². The van der Waals surface area contributed by atoms with E-state index >= 15 is 0 Å². The summed E-state index contributed by atoms with van der Waals surface area (Å²) >= 11 is 0. The van der Waals surface area contributed by atoms with E-state index < -0.39 is 12.1 Å². The standard InChI is InChI=1S/C10H11O3/c1-13-10(12)9(11)7-8-5-3-2-4-6-8/h2-7,9,11H,1H3. The highest BCUT2D eigenvalue weighted by molar-refractivity contribution is 5.76. The molecule has 0 aliphatic heterocycles. The predicted octanol–water partition coefficient (Wildman–Crippen LogP) is 0.773. The first-order chi connectivity index (χ1) is 6.24. The minimum Gasteiger partial charge on any atom is -0.467 e. The molecule has 1 unspecified atom stereocenters. The third kappa shape index (κ3) is 2.87. The molecule has 0 aromatic heterocycles. The second-order valence-corrected chi connectivity index (χ2v) is 2.55. The molecule has 0 bridgehead atoms. The van der Waals surface area contributed by atoms with Gasteiger partial charge in [0.1, 0.15) is 0 Å². The van der Waals surface area contributed by atoms with Crippen molar-refractivity contribution in [1.82, 2.24) is 0 Å². The number of aliphatic hydroxyl groups is 1. The topological polar surface area (TPSA) is 46.5 Å². The molecule has 1 atom stereocenters. The first-order valence-corrected chi connectivity index (χ1v) is 3.90. The van der Waals surface area contributed by atoms with Gasteiger partial charge in [0.15, 0.2) is 6.10 Å². The van der Waals surface area contributed by atoms with Crippen LogP contribution < -0.4 is 0 Å². The highest BCUT2D eigenvalue weighted by Gasteiger charge is 2.15. The Morgan fingerprint density at radius 2 is 2.08 bits per heavy atom. The lowest BCUT2D eigenvalue weighted by Crippen LogP contribution is -2.22. The van der Waals surface area contributed by atoms with Crippen molar-refractivity contribution in [3.8, 4) is 0 Å². The van der Waals surface area contributed by atoms with Crippen LogP contribution in [0.3, 0.4) is 0 Å². The van der Waals surface area contributed by atoms with E-state index in [-0.39, 0.29) is 0 Å². The Balaban J connectivity index is 2.55. The Kier molecular flexibility index (Phi) is 3.46. The molecule has 0 fully saturated rings. The number of aliphatic hydroxyl groups excluding tert-OH is 1. The second kappa shape index (κ2) is 4.62. The fourth-order valence-corrected chi connectivity index (χ4v) is 0.935. The molecule has 1 radical (unpaired) electrons. The quantitative estimate of drug-likeness (QED) is 0.697. The van der Waals surface area contributed by atoms with E-state index in [1.165, 1.54) is 13.5 Å². The number of carbonyl (C=O) groups excluding carboxylic acids is 1. The summed E-state index contributed by atoms with van der Waals surface area (Å²) in [4.78, 5) is 10.8. The van der Waals surface area contributed by atoms with Crippen LogP contribution in [-0.2, 0) is 9.53 Å². The predicted molar refractivity (Wildman–Crippen MR) is 47.9 cm³/mol. The molecule has 1 rings (SSSR count). The summed E-state index contributed by atoms with van der Waals surface area (Å²) in [5.74, 6) is -0.649. The van der Waals surface area contributed by atoms with Crippen LogP contribution in [0.5, 0.6) is 0 Å². The van der Waals surface area contributed by atoms with Gasteiger partial charge in [0.25, 0.3) is 0 Å². The zero-order valence-corrected chi connectivity index (χ0v) is 7.31. The van der Waals surface area contributed by atoms with Gasteiger partial charge in [0.2, 0.25) is 0 Å². The van der Waals surface area contributed by atoms with E-state index in [1.54, 1.807) is 12.1 Å². The average molecular weight is 179 g/mol. The molecule has 0 spiro atoms. The molecule has 3 heteroatoms. The van der Waals surface area contributed by atoms with Crippen LogP contribution >= 0.6 is 0 Å². The van der Waals surface area contributed by atoms with E-state index in [4.69, 9.17) is 0 Å². The summed E-state index contributed by atoms with van der Waals surface area (Å²) in [5, 5.41) is 9.24. The number of benzene rings is 1. The molecule has 13 heavy (non-hydrogen) atoms. The van der Waals surface area contributed by atoms with Gasteiger partial charge in [-0.1, -0.05) is 30.3 Å². The van der Waals surface area contributed by atoms with Gasteiger partial charge in [-0.3, -0.25) is 0 Å². The summed E-state index contributed by atoms with van der Waals surface area (Å²) in [6.07, 6.45) is 0.249. The molecular weight excluding hydrogens is 168 g/mol. The lowest BCUT2D eigenvalue weighted by Gasteiger charge is -2.06. The lowest BCUT2D eigenvalue weighted by molar-refractivity contribution is -0.148. The highest BCUT2D eigenvalue weighted by Crippen LogP contribution is 2.05. The molecule has 0 heterocycles. The maximum absolute atomic E-state index is 10.8. The van der Waals surface area contributed by atoms with E-state index in [0.29, 0.717) is 0 Å². The summed E-state index contributed by atoms with van der Waals surface area (Å²) in [6, 6.07) is 9.12. The van der Waals surface area contributed by atoms with Gasteiger partial charge in [-0.25, -0.2) is 4.79 Å². The zero-order valence-electron chi connectivity index (χ0n) is 7.31. The van der Waals surface area contributed by atoms with Crippen LogP contribution in [0.25, 0.3) is 0 Å².